The van der Waals surface area contributed by atoms with Crippen molar-refractivity contribution in [2.24, 2.45) is 4.99 Å². The number of benzene rings is 2. The van der Waals surface area contributed by atoms with Gasteiger partial charge in [-0.2, -0.15) is 0 Å². The number of aliphatic imine (C=N–C) groups is 1. The Morgan fingerprint density at radius 3 is 2.64 bits per heavy atom. The van der Waals surface area contributed by atoms with Gasteiger partial charge in [0.2, 0.25) is 11.6 Å². The Balaban J connectivity index is 1.50. The first-order valence-electron chi connectivity index (χ1n) is 9.83. The summed E-state index contributed by atoms with van der Waals surface area (Å²) < 4.78 is 18.3. The van der Waals surface area contributed by atoms with E-state index in [0.29, 0.717) is 12.1 Å². The summed E-state index contributed by atoms with van der Waals surface area (Å²) in [6, 6.07) is 13.5. The van der Waals surface area contributed by atoms with Crippen molar-refractivity contribution < 1.29 is 23.8 Å². The molecule has 1 amide bonds. The molecule has 0 radical (unpaired) electrons. The van der Waals surface area contributed by atoms with E-state index in [1.165, 1.54) is 18.2 Å². The van der Waals surface area contributed by atoms with Crippen LogP contribution in [0.4, 0.5) is 15.9 Å². The average Bonchev–Trinajstić information content (AvgIpc) is 3.29. The number of amides is 1. The Kier molecular flexibility index (Phi) is 8.61. The highest BCUT2D eigenvalue weighted by Crippen LogP contribution is 2.23. The van der Waals surface area contributed by atoms with E-state index in [2.05, 4.69) is 41.9 Å². The monoisotopic (exact) mass is 518 g/mol. The van der Waals surface area contributed by atoms with Gasteiger partial charge in [-0.3, -0.25) is 20.3 Å². The number of nitrogens with one attached hydrogen (secondary N) is 3. The van der Waals surface area contributed by atoms with Crippen LogP contribution in [0.3, 0.4) is 0 Å². The van der Waals surface area contributed by atoms with Crippen LogP contribution in [0.1, 0.15) is 17.7 Å². The number of aryl methyl sites for hydroxylation is 1. The number of nitrogens with zero attached hydrogens (tertiary/aromatic N) is 3. The van der Waals surface area contributed by atoms with E-state index >= 15 is 0 Å². The van der Waals surface area contributed by atoms with Crippen LogP contribution in [0.2, 0.25) is 0 Å². The lowest BCUT2D eigenvalue weighted by molar-refractivity contribution is -0.137. The summed E-state index contributed by atoms with van der Waals surface area (Å²) in [5.74, 6) is -1.60. The molecule has 0 aliphatic heterocycles. The third-order valence-electron chi connectivity index (χ3n) is 4.40. The number of carbonyl (C=O) groups is 2. The van der Waals surface area contributed by atoms with Gasteiger partial charge in [0.25, 0.3) is 5.91 Å². The van der Waals surface area contributed by atoms with E-state index in [9.17, 15) is 19.2 Å². The summed E-state index contributed by atoms with van der Waals surface area (Å²) >= 11 is 3.06. The number of aromatic nitrogens is 2. The number of amidine groups is 1. The Bertz CT molecular complexity index is 1140. The standard InChI is InChI=1S/C21H20BrFN6O4/c22-15-12-14(7-8-16(15)23)26-20(27-32)18-19(29-33-28-18)24-10-11-25-21(31)17(30)9-6-13-4-2-1-3-5-13/h1-5,7-8,12,32H,6,9-11H2,(H,24,29)(H,25,31)(H,26,27). The summed E-state index contributed by atoms with van der Waals surface area (Å²) in [4.78, 5) is 28.1. The molecule has 0 unspecified atom stereocenters. The first-order chi connectivity index (χ1) is 16.0. The fourth-order valence-electron chi connectivity index (χ4n) is 2.75. The minimum atomic E-state index is -0.674. The second kappa shape index (κ2) is 11.8. The number of ketones is 1. The van der Waals surface area contributed by atoms with Crippen molar-refractivity contribution in [1.82, 2.24) is 21.1 Å². The fraction of sp³-hybridized carbons (Fsp3) is 0.190. The molecule has 0 saturated carbocycles. The van der Waals surface area contributed by atoms with Gasteiger partial charge in [0.15, 0.2) is 11.5 Å². The first-order valence-corrected chi connectivity index (χ1v) is 10.6. The molecule has 0 atom stereocenters. The molecule has 3 rings (SSSR count). The van der Waals surface area contributed by atoms with Gasteiger partial charge in [0, 0.05) is 19.5 Å². The van der Waals surface area contributed by atoms with Crippen LogP contribution in [0.15, 0.2) is 62.6 Å². The lowest BCUT2D eigenvalue weighted by Gasteiger charge is -2.07. The van der Waals surface area contributed by atoms with Gasteiger partial charge >= 0.3 is 0 Å². The highest BCUT2D eigenvalue weighted by Gasteiger charge is 2.17. The molecule has 0 spiro atoms. The quantitative estimate of drug-likeness (QED) is 0.105. The first kappa shape index (κ1) is 24.0. The Morgan fingerprint density at radius 2 is 1.91 bits per heavy atom. The van der Waals surface area contributed by atoms with E-state index in [-0.39, 0.29) is 41.3 Å². The summed E-state index contributed by atoms with van der Waals surface area (Å²) in [5, 5.41) is 22.2. The zero-order valence-corrected chi connectivity index (χ0v) is 18.8. The summed E-state index contributed by atoms with van der Waals surface area (Å²) in [6.07, 6.45) is 0.600. The minimum absolute atomic E-state index is 0.0585. The molecule has 4 N–H and O–H groups in total. The van der Waals surface area contributed by atoms with E-state index in [4.69, 9.17) is 4.63 Å². The maximum absolute atomic E-state index is 13.4. The molecule has 33 heavy (non-hydrogen) atoms. The summed E-state index contributed by atoms with van der Waals surface area (Å²) in [6.45, 7) is 0.325. The smallest absolute Gasteiger partial charge is 0.287 e. The normalized spacial score (nSPS) is 11.2. The van der Waals surface area contributed by atoms with Crippen molar-refractivity contribution in [3.05, 3.63) is 70.1 Å². The van der Waals surface area contributed by atoms with Gasteiger partial charge in [-0.1, -0.05) is 30.3 Å². The molecule has 0 fully saturated rings. The van der Waals surface area contributed by atoms with Crippen molar-refractivity contribution in [2.45, 2.75) is 12.8 Å². The lowest BCUT2D eigenvalue weighted by atomic mass is 10.1. The molecule has 2 aromatic carbocycles. The molecule has 0 saturated heterocycles. The highest BCUT2D eigenvalue weighted by molar-refractivity contribution is 9.10. The van der Waals surface area contributed by atoms with E-state index in [1.54, 1.807) is 0 Å². The van der Waals surface area contributed by atoms with Gasteiger partial charge in [-0.15, -0.1) is 0 Å². The van der Waals surface area contributed by atoms with Gasteiger partial charge in [-0.25, -0.2) is 14.0 Å². The van der Waals surface area contributed by atoms with Crippen molar-refractivity contribution in [2.75, 3.05) is 18.4 Å². The largest absolute Gasteiger partial charge is 0.363 e. The maximum Gasteiger partial charge on any atom is 0.287 e. The fourth-order valence-corrected chi connectivity index (χ4v) is 3.11. The van der Waals surface area contributed by atoms with Gasteiger partial charge in [0.1, 0.15) is 5.82 Å². The number of anilines is 1. The minimum Gasteiger partial charge on any atom is -0.363 e. The number of hydrogen-bond acceptors (Lipinski definition) is 8. The maximum atomic E-state index is 13.4. The number of halogens is 2. The van der Waals surface area contributed by atoms with E-state index in [1.807, 2.05) is 35.8 Å². The number of Topliss-reactive ketones (excluding diaryl/α,β-unsaturated/α-hetero) is 1. The molecule has 0 aliphatic rings. The Hall–Kier alpha value is -3.64. The average molecular weight is 519 g/mol. The van der Waals surface area contributed by atoms with Crippen molar-refractivity contribution >= 4 is 45.0 Å². The Morgan fingerprint density at radius 1 is 1.12 bits per heavy atom. The third kappa shape index (κ3) is 6.92. The molecule has 1 aromatic heterocycles. The molecular weight excluding hydrogens is 499 g/mol. The SMILES string of the molecule is O=C(CCc1ccccc1)C(=O)NCCNc1nonc1C(=Nc1ccc(F)c(Br)c1)NO. The molecule has 12 heteroatoms. The van der Waals surface area contributed by atoms with Crippen molar-refractivity contribution in [3.8, 4) is 0 Å². The van der Waals surface area contributed by atoms with Crippen LogP contribution in [0, 0.1) is 5.82 Å². The number of rotatable bonds is 10. The zero-order chi connectivity index (χ0) is 23.6. The zero-order valence-electron chi connectivity index (χ0n) is 17.2. The third-order valence-corrected chi connectivity index (χ3v) is 5.01. The van der Waals surface area contributed by atoms with Crippen LogP contribution >= 0.6 is 15.9 Å². The molecule has 10 nitrogen and oxygen atoms in total. The molecular formula is C21H20BrFN6O4. The number of carbonyl (C=O) groups excluding carboxylic acids is 2. The van der Waals surface area contributed by atoms with Crippen LogP contribution in [-0.2, 0) is 16.0 Å². The van der Waals surface area contributed by atoms with Crippen molar-refractivity contribution in [1.29, 1.82) is 0 Å². The summed E-state index contributed by atoms with van der Waals surface area (Å²) in [5.41, 5.74) is 3.27. The van der Waals surface area contributed by atoms with Gasteiger partial charge in [-0.05, 0) is 56.4 Å². The Labute approximate surface area is 196 Å². The lowest BCUT2D eigenvalue weighted by Crippen LogP contribution is -2.34. The van der Waals surface area contributed by atoms with Gasteiger partial charge in [0.05, 0.1) is 10.2 Å². The predicted molar refractivity (Wildman–Crippen MR) is 121 cm³/mol. The van der Waals surface area contributed by atoms with Crippen LogP contribution in [0.5, 0.6) is 0 Å². The van der Waals surface area contributed by atoms with Crippen LogP contribution < -0.4 is 16.1 Å². The number of hydrogen-bond donors (Lipinski definition) is 4. The molecule has 1 heterocycles. The molecule has 0 aliphatic carbocycles. The summed E-state index contributed by atoms with van der Waals surface area (Å²) in [7, 11) is 0. The molecule has 3 aromatic rings. The van der Waals surface area contributed by atoms with E-state index in [0.717, 1.165) is 5.56 Å². The second-order valence-corrected chi connectivity index (χ2v) is 7.58. The topological polar surface area (TPSA) is 142 Å². The number of hydroxylamine groups is 1. The molecule has 0 bridgehead atoms. The van der Waals surface area contributed by atoms with Crippen LogP contribution in [0.25, 0.3) is 0 Å². The van der Waals surface area contributed by atoms with Crippen LogP contribution in [-0.4, -0.2) is 46.1 Å². The van der Waals surface area contributed by atoms with Gasteiger partial charge < -0.3 is 10.6 Å². The predicted octanol–water partition coefficient (Wildman–Crippen LogP) is 2.76. The molecule has 172 valence electrons. The van der Waals surface area contributed by atoms with E-state index < -0.39 is 17.5 Å². The second-order valence-electron chi connectivity index (χ2n) is 6.72. The highest BCUT2D eigenvalue weighted by atomic mass is 79.9. The van der Waals surface area contributed by atoms with Crippen molar-refractivity contribution in [3.63, 3.8) is 0 Å².